The summed E-state index contributed by atoms with van der Waals surface area (Å²) < 4.78 is 27.5. The van der Waals surface area contributed by atoms with Gasteiger partial charge < -0.3 is 4.90 Å². The van der Waals surface area contributed by atoms with E-state index in [0.29, 0.717) is 24.4 Å². The van der Waals surface area contributed by atoms with Crippen LogP contribution in [-0.4, -0.2) is 62.7 Å². The molecule has 1 amide bonds. The topological polar surface area (TPSA) is 82.1 Å². The van der Waals surface area contributed by atoms with Crippen LogP contribution in [0.4, 0.5) is 0 Å². The number of hydrogen-bond donors (Lipinski definition) is 1. The highest BCUT2D eigenvalue weighted by Gasteiger charge is 2.29. The maximum atomic E-state index is 12.5. The van der Waals surface area contributed by atoms with E-state index in [1.165, 1.54) is 4.88 Å². The van der Waals surface area contributed by atoms with Crippen molar-refractivity contribution in [3.8, 4) is 0 Å². The summed E-state index contributed by atoms with van der Waals surface area (Å²) in [6.45, 7) is 4.73. The fourth-order valence-electron chi connectivity index (χ4n) is 3.98. The number of rotatable bonds is 8. The quantitative estimate of drug-likeness (QED) is 0.570. The fourth-order valence-corrected chi connectivity index (χ4v) is 6.36. The molecular formula is C22H27ClN4O3S2. The molecule has 32 heavy (non-hydrogen) atoms. The van der Waals surface area contributed by atoms with Crippen LogP contribution < -0.4 is 4.72 Å². The maximum absolute atomic E-state index is 12.5. The Morgan fingerprint density at radius 1 is 1.06 bits per heavy atom. The highest BCUT2D eigenvalue weighted by molar-refractivity contribution is 7.90. The van der Waals surface area contributed by atoms with Gasteiger partial charge in [0.1, 0.15) is 5.84 Å². The number of aliphatic imine (C=N–C) groups is 1. The van der Waals surface area contributed by atoms with Crippen molar-refractivity contribution in [1.82, 2.24) is 14.5 Å². The van der Waals surface area contributed by atoms with Crippen molar-refractivity contribution < 1.29 is 13.2 Å². The molecule has 0 radical (unpaired) electrons. The number of benzene rings is 1. The van der Waals surface area contributed by atoms with E-state index in [2.05, 4.69) is 20.7 Å². The van der Waals surface area contributed by atoms with Crippen LogP contribution in [0.15, 0.2) is 46.3 Å². The minimum Gasteiger partial charge on any atom is -0.340 e. The number of amidine groups is 1. The Morgan fingerprint density at radius 2 is 1.84 bits per heavy atom. The largest absolute Gasteiger partial charge is 0.340 e. The van der Waals surface area contributed by atoms with Crippen molar-refractivity contribution in [1.29, 1.82) is 0 Å². The average molecular weight is 495 g/mol. The zero-order chi connectivity index (χ0) is 22.6. The highest BCUT2D eigenvalue weighted by atomic mass is 35.5. The van der Waals surface area contributed by atoms with E-state index in [9.17, 15) is 13.2 Å². The lowest BCUT2D eigenvalue weighted by molar-refractivity contribution is -0.133. The Kier molecular flexibility index (Phi) is 7.50. The minimum absolute atomic E-state index is 0.215. The van der Waals surface area contributed by atoms with Gasteiger partial charge in [0.2, 0.25) is 5.91 Å². The Morgan fingerprint density at radius 3 is 2.59 bits per heavy atom. The van der Waals surface area contributed by atoms with Gasteiger partial charge in [-0.25, -0.2) is 8.42 Å². The first-order chi connectivity index (χ1) is 15.4. The van der Waals surface area contributed by atoms with Gasteiger partial charge in [-0.1, -0.05) is 30.2 Å². The van der Waals surface area contributed by atoms with Gasteiger partial charge in [-0.15, -0.1) is 11.3 Å². The predicted molar refractivity (Wildman–Crippen MR) is 128 cm³/mol. The molecule has 7 nitrogen and oxygen atoms in total. The molecule has 1 aromatic carbocycles. The van der Waals surface area contributed by atoms with Gasteiger partial charge in [0, 0.05) is 56.1 Å². The summed E-state index contributed by atoms with van der Waals surface area (Å²) in [6.07, 6.45) is 3.07. The fraction of sp³-hybridized carbons (Fsp3) is 0.455. The van der Waals surface area contributed by atoms with Gasteiger partial charge in [-0.2, -0.15) is 0 Å². The lowest BCUT2D eigenvalue weighted by Gasteiger charge is -2.34. The number of amides is 1. The van der Waals surface area contributed by atoms with Crippen LogP contribution in [-0.2, 0) is 21.4 Å². The van der Waals surface area contributed by atoms with Crippen molar-refractivity contribution in [2.45, 2.75) is 37.1 Å². The number of carbonyl (C=O) groups is 1. The number of unbranched alkanes of at least 4 members (excludes halogenated alkanes) is 2. The maximum Gasteiger partial charge on any atom is 0.263 e. The molecule has 0 atom stereocenters. The van der Waals surface area contributed by atoms with Crippen molar-refractivity contribution in [2.24, 2.45) is 4.99 Å². The molecule has 1 N–H and O–H groups in total. The Hall–Kier alpha value is -1.94. The molecule has 0 bridgehead atoms. The van der Waals surface area contributed by atoms with Gasteiger partial charge in [0.05, 0.1) is 9.23 Å². The van der Waals surface area contributed by atoms with E-state index in [1.807, 2.05) is 11.0 Å². The van der Waals surface area contributed by atoms with Crippen LogP contribution in [0.2, 0.25) is 4.34 Å². The van der Waals surface area contributed by atoms with Crippen molar-refractivity contribution in [2.75, 3.05) is 32.7 Å². The molecule has 172 valence electrons. The smallest absolute Gasteiger partial charge is 0.263 e. The normalized spacial score (nSPS) is 19.2. The zero-order valence-corrected chi connectivity index (χ0v) is 20.2. The van der Waals surface area contributed by atoms with Crippen LogP contribution in [0.1, 0.15) is 36.1 Å². The van der Waals surface area contributed by atoms with Crippen LogP contribution in [0.25, 0.3) is 0 Å². The third kappa shape index (κ3) is 5.70. The third-order valence-electron chi connectivity index (χ3n) is 5.71. The third-order valence-corrected chi connectivity index (χ3v) is 8.33. The molecule has 1 aromatic heterocycles. The van der Waals surface area contributed by atoms with E-state index in [1.54, 1.807) is 35.6 Å². The Balaban J connectivity index is 1.13. The number of nitrogens with one attached hydrogen (secondary N) is 1. The van der Waals surface area contributed by atoms with E-state index < -0.39 is 10.0 Å². The van der Waals surface area contributed by atoms with Crippen LogP contribution >= 0.6 is 22.9 Å². The number of thiophene rings is 1. The summed E-state index contributed by atoms with van der Waals surface area (Å²) in [6, 6.07) is 10.9. The molecule has 2 aromatic rings. The van der Waals surface area contributed by atoms with Gasteiger partial charge in [0.25, 0.3) is 10.0 Å². The van der Waals surface area contributed by atoms with Crippen molar-refractivity contribution >= 4 is 44.7 Å². The molecule has 1 saturated heterocycles. The molecule has 1 fully saturated rings. The number of sulfonamides is 1. The van der Waals surface area contributed by atoms with Gasteiger partial charge in [0.15, 0.2) is 0 Å². The minimum atomic E-state index is -3.49. The van der Waals surface area contributed by atoms with Crippen LogP contribution in [0, 0.1) is 0 Å². The highest BCUT2D eigenvalue weighted by Crippen LogP contribution is 2.24. The second-order valence-electron chi connectivity index (χ2n) is 8.01. The predicted octanol–water partition coefficient (Wildman–Crippen LogP) is 3.34. The molecule has 2 aliphatic heterocycles. The Bertz CT molecular complexity index is 1090. The van der Waals surface area contributed by atoms with Gasteiger partial charge >= 0.3 is 0 Å². The SMILES string of the molecule is O=C(CCCCCN=C1NS(=O)(=O)c2ccccc21)N1CCN(Cc2ccc(Cl)s2)CC1. The molecule has 0 unspecified atom stereocenters. The summed E-state index contributed by atoms with van der Waals surface area (Å²) >= 11 is 7.61. The molecule has 3 heterocycles. The zero-order valence-electron chi connectivity index (χ0n) is 17.8. The lowest BCUT2D eigenvalue weighted by atomic mass is 10.1. The van der Waals surface area contributed by atoms with E-state index in [4.69, 9.17) is 11.6 Å². The second kappa shape index (κ2) is 10.3. The van der Waals surface area contributed by atoms with Crippen LogP contribution in [0.3, 0.4) is 0 Å². The number of nitrogens with zero attached hydrogens (tertiary/aromatic N) is 3. The number of carbonyl (C=O) groups excluding carboxylic acids is 1. The molecule has 10 heteroatoms. The summed E-state index contributed by atoms with van der Waals surface area (Å²) in [5.74, 6) is 0.631. The molecule has 4 rings (SSSR count). The van der Waals surface area contributed by atoms with E-state index >= 15 is 0 Å². The van der Waals surface area contributed by atoms with Crippen molar-refractivity contribution in [3.05, 3.63) is 51.2 Å². The summed E-state index contributed by atoms with van der Waals surface area (Å²) in [4.78, 5) is 22.8. The lowest BCUT2D eigenvalue weighted by Crippen LogP contribution is -2.48. The summed E-state index contributed by atoms with van der Waals surface area (Å²) in [5, 5.41) is 0. The molecule has 2 aliphatic rings. The first kappa shape index (κ1) is 23.2. The van der Waals surface area contributed by atoms with E-state index in [-0.39, 0.29) is 10.8 Å². The monoisotopic (exact) mass is 494 g/mol. The first-order valence-corrected chi connectivity index (χ1v) is 13.5. The number of hydrogen-bond acceptors (Lipinski definition) is 6. The standard InChI is InChI=1S/C22H27ClN4O3S2/c23-20-10-9-17(31-20)16-26-12-14-27(15-13-26)21(28)8-2-1-5-11-24-22-18-6-3-4-7-19(18)32(29,30)25-22/h3-4,6-7,9-10H,1-2,5,8,11-16H2,(H,24,25). The number of halogens is 1. The van der Waals surface area contributed by atoms with E-state index in [0.717, 1.165) is 56.3 Å². The first-order valence-electron chi connectivity index (χ1n) is 10.8. The summed E-state index contributed by atoms with van der Waals surface area (Å²) in [7, 11) is -3.49. The number of piperazine rings is 1. The number of fused-ring (bicyclic) bond motifs is 1. The van der Waals surface area contributed by atoms with Crippen LogP contribution in [0.5, 0.6) is 0 Å². The second-order valence-corrected chi connectivity index (χ2v) is 11.5. The van der Waals surface area contributed by atoms with Gasteiger partial charge in [-0.05, 0) is 37.1 Å². The molecule has 0 spiro atoms. The molecule has 0 aliphatic carbocycles. The average Bonchev–Trinajstić information content (AvgIpc) is 3.31. The molecular weight excluding hydrogens is 468 g/mol. The Labute approximate surface area is 198 Å². The van der Waals surface area contributed by atoms with Gasteiger partial charge in [-0.3, -0.25) is 19.4 Å². The molecule has 0 saturated carbocycles. The summed E-state index contributed by atoms with van der Waals surface area (Å²) in [5.41, 5.74) is 0.629. The van der Waals surface area contributed by atoms with Crippen molar-refractivity contribution in [3.63, 3.8) is 0 Å².